The van der Waals surface area contributed by atoms with Crippen LogP contribution in [0.2, 0.25) is 0 Å². The average Bonchev–Trinajstić information content (AvgIpc) is 3.57. The number of nitrogens with two attached hydrogens (primary N) is 1. The quantitative estimate of drug-likeness (QED) is 0.220. The van der Waals surface area contributed by atoms with E-state index in [-0.39, 0.29) is 12.6 Å². The second kappa shape index (κ2) is 9.94. The number of sulfonamides is 1. The van der Waals surface area contributed by atoms with Gasteiger partial charge in [-0.15, -0.1) is 0 Å². The molecule has 1 aromatic carbocycles. The molecule has 0 atom stereocenters. The zero-order valence-corrected chi connectivity index (χ0v) is 23.2. The molecule has 42 heavy (non-hydrogen) atoms. The highest BCUT2D eigenvalue weighted by molar-refractivity contribution is 7.88. The summed E-state index contributed by atoms with van der Waals surface area (Å²) >= 11 is 0. The Morgan fingerprint density at radius 1 is 1.10 bits per heavy atom. The van der Waals surface area contributed by atoms with Gasteiger partial charge in [0.05, 0.1) is 35.6 Å². The van der Waals surface area contributed by atoms with Crippen LogP contribution in [-0.4, -0.2) is 68.9 Å². The van der Waals surface area contributed by atoms with Crippen molar-refractivity contribution in [3.63, 3.8) is 0 Å². The minimum absolute atomic E-state index is 0.0255. The highest BCUT2D eigenvalue weighted by Crippen LogP contribution is 2.34. The van der Waals surface area contributed by atoms with Gasteiger partial charge in [0.15, 0.2) is 0 Å². The molecule has 1 aliphatic heterocycles. The van der Waals surface area contributed by atoms with E-state index in [0.29, 0.717) is 45.1 Å². The molecule has 0 amide bonds. The fourth-order valence-electron chi connectivity index (χ4n) is 5.09. The third-order valence-electron chi connectivity index (χ3n) is 7.12. The number of fused-ring (bicyclic) bond motifs is 2. The Balaban J connectivity index is 1.26. The Bertz CT molecular complexity index is 2090. The number of aromatic amines is 2. The summed E-state index contributed by atoms with van der Waals surface area (Å²) in [5.74, 6) is 0.281. The van der Waals surface area contributed by atoms with E-state index in [1.807, 2.05) is 18.2 Å². The SMILES string of the molecule is CS(=O)(=O)NCc1cc(F)cc(-c2ccnc3[nH]c(-c4n[nH]c5ccc(-c6cncc(N7CC(N)C7)n6)nc45)cc23)c1. The highest BCUT2D eigenvalue weighted by atomic mass is 32.2. The molecule has 6 aromatic rings. The molecule has 14 heteroatoms. The van der Waals surface area contributed by atoms with E-state index in [0.717, 1.165) is 41.6 Å². The molecule has 0 radical (unpaired) electrons. The first-order chi connectivity index (χ1) is 20.2. The minimum atomic E-state index is -3.43. The third-order valence-corrected chi connectivity index (χ3v) is 7.79. The number of pyridine rings is 2. The fourth-order valence-corrected chi connectivity index (χ4v) is 5.52. The summed E-state index contributed by atoms with van der Waals surface area (Å²) < 4.78 is 40.1. The molecule has 0 unspecified atom stereocenters. The third kappa shape index (κ3) is 4.95. The van der Waals surface area contributed by atoms with Crippen molar-refractivity contribution in [3.8, 4) is 33.9 Å². The van der Waals surface area contributed by atoms with Gasteiger partial charge in [-0.2, -0.15) is 5.10 Å². The normalized spacial score (nSPS) is 14.1. The van der Waals surface area contributed by atoms with Crippen LogP contribution in [0.15, 0.2) is 61.1 Å². The molecule has 0 spiro atoms. The highest BCUT2D eigenvalue weighted by Gasteiger charge is 2.25. The lowest BCUT2D eigenvalue weighted by Crippen LogP contribution is -2.56. The van der Waals surface area contributed by atoms with Crippen LogP contribution in [0.5, 0.6) is 0 Å². The molecular formula is C28H25FN10O2S. The minimum Gasteiger partial charge on any atom is -0.352 e. The molecule has 0 bridgehead atoms. The Morgan fingerprint density at radius 2 is 1.95 bits per heavy atom. The van der Waals surface area contributed by atoms with Gasteiger partial charge in [0.1, 0.15) is 34.2 Å². The standard InChI is InChI=1S/C28H25FN10O2S/c1-42(40,41)33-10-15-6-16(8-17(29)7-15)19-4-5-32-28-20(19)9-23(36-28)27-26-22(37-38-27)3-2-21(35-26)24-11-31-12-25(34-24)39-13-18(30)14-39/h2-9,11-12,18,33H,10,13-14,30H2,1H3,(H,32,36)(H,37,38). The van der Waals surface area contributed by atoms with E-state index in [2.05, 4.69) is 34.8 Å². The van der Waals surface area contributed by atoms with Crippen molar-refractivity contribution in [1.29, 1.82) is 0 Å². The number of hydrogen-bond acceptors (Lipinski definition) is 9. The molecule has 6 heterocycles. The maximum atomic E-state index is 14.6. The van der Waals surface area contributed by atoms with Gasteiger partial charge in [0.2, 0.25) is 10.0 Å². The van der Waals surface area contributed by atoms with E-state index in [1.54, 1.807) is 30.7 Å². The van der Waals surface area contributed by atoms with Crippen LogP contribution in [0, 0.1) is 5.82 Å². The van der Waals surface area contributed by atoms with Crippen LogP contribution >= 0.6 is 0 Å². The van der Waals surface area contributed by atoms with Crippen LogP contribution in [0.3, 0.4) is 0 Å². The molecule has 0 aliphatic carbocycles. The van der Waals surface area contributed by atoms with Gasteiger partial charge in [-0.05, 0) is 59.2 Å². The molecule has 1 aliphatic rings. The van der Waals surface area contributed by atoms with E-state index in [4.69, 9.17) is 15.7 Å². The van der Waals surface area contributed by atoms with E-state index < -0.39 is 15.8 Å². The van der Waals surface area contributed by atoms with E-state index in [9.17, 15) is 12.8 Å². The molecule has 1 fully saturated rings. The van der Waals surface area contributed by atoms with Gasteiger partial charge < -0.3 is 15.6 Å². The van der Waals surface area contributed by atoms with Crippen molar-refractivity contribution in [3.05, 3.63) is 72.4 Å². The number of hydrogen-bond donors (Lipinski definition) is 4. The van der Waals surface area contributed by atoms with Crippen molar-refractivity contribution < 1.29 is 12.8 Å². The first kappa shape index (κ1) is 26.1. The lowest BCUT2D eigenvalue weighted by Gasteiger charge is -2.37. The monoisotopic (exact) mass is 584 g/mol. The predicted molar refractivity (Wildman–Crippen MR) is 157 cm³/mol. The fraction of sp³-hybridized carbons (Fsp3) is 0.179. The number of rotatable bonds is 7. The maximum Gasteiger partial charge on any atom is 0.209 e. The topological polar surface area (TPSA) is 171 Å². The van der Waals surface area contributed by atoms with Crippen LogP contribution in [0.25, 0.3) is 56.0 Å². The van der Waals surface area contributed by atoms with Gasteiger partial charge in [0.25, 0.3) is 0 Å². The lowest BCUT2D eigenvalue weighted by molar-refractivity contribution is 0.514. The van der Waals surface area contributed by atoms with Crippen LogP contribution in [-0.2, 0) is 16.6 Å². The maximum absolute atomic E-state index is 14.6. The molecule has 1 saturated heterocycles. The molecule has 212 valence electrons. The predicted octanol–water partition coefficient (Wildman–Crippen LogP) is 2.96. The van der Waals surface area contributed by atoms with Gasteiger partial charge in [-0.25, -0.2) is 32.5 Å². The Labute approximate surface area is 239 Å². The zero-order chi connectivity index (χ0) is 29.0. The van der Waals surface area contributed by atoms with Crippen molar-refractivity contribution in [2.75, 3.05) is 24.2 Å². The second-order valence-electron chi connectivity index (χ2n) is 10.3. The summed E-state index contributed by atoms with van der Waals surface area (Å²) in [4.78, 5) is 23.8. The number of nitrogens with zero attached hydrogens (tertiary/aromatic N) is 6. The van der Waals surface area contributed by atoms with Crippen LogP contribution in [0.4, 0.5) is 10.2 Å². The Kier molecular flexibility index (Phi) is 6.18. The molecule has 0 saturated carbocycles. The number of benzene rings is 1. The Morgan fingerprint density at radius 3 is 2.76 bits per heavy atom. The molecular weight excluding hydrogens is 559 g/mol. The number of aromatic nitrogens is 7. The summed E-state index contributed by atoms with van der Waals surface area (Å²) in [6.07, 6.45) is 6.09. The molecule has 12 nitrogen and oxygen atoms in total. The van der Waals surface area contributed by atoms with E-state index in [1.165, 1.54) is 12.1 Å². The van der Waals surface area contributed by atoms with Gasteiger partial charge in [-0.3, -0.25) is 10.1 Å². The van der Waals surface area contributed by atoms with Crippen molar-refractivity contribution >= 4 is 37.9 Å². The summed E-state index contributed by atoms with van der Waals surface area (Å²) in [7, 11) is -3.43. The number of anilines is 1. The van der Waals surface area contributed by atoms with Crippen LogP contribution in [0.1, 0.15) is 5.56 Å². The number of H-pyrrole nitrogens is 2. The number of nitrogens with one attached hydrogen (secondary N) is 3. The van der Waals surface area contributed by atoms with Gasteiger partial charge in [0, 0.05) is 37.3 Å². The molecule has 7 rings (SSSR count). The summed E-state index contributed by atoms with van der Waals surface area (Å²) in [5, 5.41) is 8.30. The van der Waals surface area contributed by atoms with Crippen molar-refractivity contribution in [2.24, 2.45) is 5.73 Å². The smallest absolute Gasteiger partial charge is 0.209 e. The first-order valence-electron chi connectivity index (χ1n) is 13.1. The van der Waals surface area contributed by atoms with Gasteiger partial charge >= 0.3 is 0 Å². The van der Waals surface area contributed by atoms with Gasteiger partial charge in [-0.1, -0.05) is 0 Å². The van der Waals surface area contributed by atoms with Crippen molar-refractivity contribution in [1.82, 2.24) is 39.8 Å². The molecule has 5 aromatic heterocycles. The number of halogens is 1. The molecule has 5 N–H and O–H groups in total. The lowest BCUT2D eigenvalue weighted by atomic mass is 10.0. The van der Waals surface area contributed by atoms with E-state index >= 15 is 0 Å². The summed E-state index contributed by atoms with van der Waals surface area (Å²) in [5.41, 5.74) is 12.3. The summed E-state index contributed by atoms with van der Waals surface area (Å²) in [6, 6.07) is 12.1. The second-order valence-corrected chi connectivity index (χ2v) is 12.2. The zero-order valence-electron chi connectivity index (χ0n) is 22.3. The summed E-state index contributed by atoms with van der Waals surface area (Å²) in [6.45, 7) is 1.45. The largest absolute Gasteiger partial charge is 0.352 e. The average molecular weight is 585 g/mol. The Hall–Kier alpha value is -4.79. The van der Waals surface area contributed by atoms with Crippen LogP contribution < -0.4 is 15.4 Å². The first-order valence-corrected chi connectivity index (χ1v) is 15.0. The van der Waals surface area contributed by atoms with Crippen molar-refractivity contribution in [2.45, 2.75) is 12.6 Å².